The fourth-order valence-corrected chi connectivity index (χ4v) is 4.23. The summed E-state index contributed by atoms with van der Waals surface area (Å²) < 4.78 is 6.56. The summed E-state index contributed by atoms with van der Waals surface area (Å²) >= 11 is 1.51. The number of benzene rings is 1. The molecule has 148 valence electrons. The summed E-state index contributed by atoms with van der Waals surface area (Å²) in [4.78, 5) is 41.1. The molecule has 2 heterocycles. The summed E-state index contributed by atoms with van der Waals surface area (Å²) in [6, 6.07) is 7.89. The first-order chi connectivity index (χ1) is 13.5. The van der Waals surface area contributed by atoms with Crippen LogP contribution in [0, 0.1) is 0 Å². The van der Waals surface area contributed by atoms with Crippen molar-refractivity contribution in [3.63, 3.8) is 0 Å². The Morgan fingerprint density at radius 2 is 2.04 bits per heavy atom. The van der Waals surface area contributed by atoms with Crippen LogP contribution >= 0.6 is 11.8 Å². The lowest BCUT2D eigenvalue weighted by Crippen LogP contribution is -2.27. The van der Waals surface area contributed by atoms with Crippen LogP contribution in [0.25, 0.3) is 0 Å². The molecule has 1 atom stereocenters. The summed E-state index contributed by atoms with van der Waals surface area (Å²) in [6.45, 7) is 4.11. The first-order valence-electron chi connectivity index (χ1n) is 9.34. The number of hydrogen-bond donors (Lipinski definition) is 1. The maximum atomic E-state index is 12.4. The van der Waals surface area contributed by atoms with Crippen molar-refractivity contribution in [1.82, 2.24) is 9.55 Å². The molecule has 0 fully saturated rings. The zero-order valence-electron chi connectivity index (χ0n) is 15.9. The molecule has 1 amide bonds. The molecule has 0 spiro atoms. The molecule has 28 heavy (non-hydrogen) atoms. The molecule has 1 aliphatic rings. The monoisotopic (exact) mass is 401 g/mol. The first kappa shape index (κ1) is 20.1. The summed E-state index contributed by atoms with van der Waals surface area (Å²) in [5, 5.41) is 3.50. The van der Waals surface area contributed by atoms with Crippen molar-refractivity contribution in [3.8, 4) is 0 Å². The maximum Gasteiger partial charge on any atom is 0.338 e. The Morgan fingerprint density at radius 1 is 1.29 bits per heavy atom. The normalized spacial score (nSPS) is 15.1. The van der Waals surface area contributed by atoms with Gasteiger partial charge in [0.25, 0.3) is 5.56 Å². The van der Waals surface area contributed by atoms with E-state index in [0.29, 0.717) is 28.8 Å². The molecule has 0 radical (unpaired) electrons. The summed E-state index contributed by atoms with van der Waals surface area (Å²) in [6.07, 6.45) is 1.90. The number of fused-ring (bicyclic) bond motifs is 1. The number of anilines is 1. The van der Waals surface area contributed by atoms with Gasteiger partial charge in [0.05, 0.1) is 18.2 Å². The van der Waals surface area contributed by atoms with Crippen molar-refractivity contribution in [1.29, 1.82) is 0 Å². The van der Waals surface area contributed by atoms with E-state index in [-0.39, 0.29) is 23.9 Å². The zero-order chi connectivity index (χ0) is 20.1. The minimum Gasteiger partial charge on any atom is -0.462 e. The highest BCUT2D eigenvalue weighted by Crippen LogP contribution is 2.32. The van der Waals surface area contributed by atoms with Gasteiger partial charge in [-0.3, -0.25) is 14.2 Å². The molecular weight excluding hydrogens is 378 g/mol. The number of aryl methyl sites for hydroxylation is 1. The Morgan fingerprint density at radius 3 is 2.71 bits per heavy atom. The van der Waals surface area contributed by atoms with Crippen molar-refractivity contribution in [3.05, 3.63) is 51.9 Å². The number of nitrogens with one attached hydrogen (secondary N) is 1. The third kappa shape index (κ3) is 4.62. The smallest absolute Gasteiger partial charge is 0.338 e. The van der Waals surface area contributed by atoms with E-state index in [4.69, 9.17) is 4.74 Å². The third-order valence-corrected chi connectivity index (χ3v) is 5.45. The zero-order valence-corrected chi connectivity index (χ0v) is 16.8. The number of esters is 1. The minimum absolute atomic E-state index is 0.102. The Balaban J connectivity index is 1.64. The van der Waals surface area contributed by atoms with Gasteiger partial charge in [0.2, 0.25) is 5.91 Å². The minimum atomic E-state index is -0.394. The summed E-state index contributed by atoms with van der Waals surface area (Å²) in [5.74, 6) is 0.0636. The third-order valence-electron chi connectivity index (χ3n) is 4.35. The number of rotatable bonds is 7. The van der Waals surface area contributed by atoms with Crippen LogP contribution in [-0.4, -0.2) is 33.8 Å². The van der Waals surface area contributed by atoms with Gasteiger partial charge in [0.1, 0.15) is 0 Å². The number of carbonyl (C=O) groups is 2. The average molecular weight is 401 g/mol. The molecule has 0 saturated carbocycles. The Kier molecular flexibility index (Phi) is 6.51. The van der Waals surface area contributed by atoms with Gasteiger partial charge in [0.15, 0.2) is 5.16 Å². The van der Waals surface area contributed by atoms with Crippen molar-refractivity contribution in [2.24, 2.45) is 0 Å². The van der Waals surface area contributed by atoms with Gasteiger partial charge in [-0.2, -0.15) is 0 Å². The second-order valence-electron chi connectivity index (χ2n) is 6.50. The predicted molar refractivity (Wildman–Crippen MR) is 108 cm³/mol. The number of carbonyl (C=O) groups excluding carboxylic acids is 2. The number of hydrogen-bond acceptors (Lipinski definition) is 6. The van der Waals surface area contributed by atoms with Crippen LogP contribution in [0.15, 0.2) is 40.3 Å². The lowest BCUT2D eigenvalue weighted by molar-refractivity contribution is -0.116. The van der Waals surface area contributed by atoms with Gasteiger partial charge < -0.3 is 10.1 Å². The van der Waals surface area contributed by atoms with Crippen LogP contribution in [-0.2, 0) is 16.0 Å². The SMILES string of the molecule is CCCc1cc(=O)n2c(n1)SCC2CC(=O)Nc1ccc(C(=O)OCC)cc1. The Bertz CT molecular complexity index is 924. The van der Waals surface area contributed by atoms with E-state index in [1.807, 2.05) is 6.92 Å². The van der Waals surface area contributed by atoms with Crippen molar-refractivity contribution >= 4 is 29.3 Å². The quantitative estimate of drug-likeness (QED) is 0.566. The molecule has 7 nitrogen and oxygen atoms in total. The second kappa shape index (κ2) is 9.05. The van der Waals surface area contributed by atoms with Crippen LogP contribution in [0.5, 0.6) is 0 Å². The highest BCUT2D eigenvalue weighted by molar-refractivity contribution is 7.99. The largest absolute Gasteiger partial charge is 0.462 e. The molecule has 0 aliphatic carbocycles. The fraction of sp³-hybridized carbons (Fsp3) is 0.400. The van der Waals surface area contributed by atoms with E-state index >= 15 is 0 Å². The standard InChI is InChI=1S/C20H23N3O4S/c1-3-5-15-10-18(25)23-16(12-28-20(23)22-15)11-17(24)21-14-8-6-13(7-9-14)19(26)27-4-2/h6-10,16H,3-5,11-12H2,1-2H3,(H,21,24). The van der Waals surface area contributed by atoms with Gasteiger partial charge in [-0.15, -0.1) is 0 Å². The topological polar surface area (TPSA) is 90.3 Å². The molecule has 8 heteroatoms. The highest BCUT2D eigenvalue weighted by atomic mass is 32.2. The lowest BCUT2D eigenvalue weighted by Gasteiger charge is -2.14. The molecule has 1 N–H and O–H groups in total. The molecule has 1 aromatic carbocycles. The Labute approximate surface area is 167 Å². The van der Waals surface area contributed by atoms with Gasteiger partial charge in [-0.1, -0.05) is 25.1 Å². The second-order valence-corrected chi connectivity index (χ2v) is 7.49. The lowest BCUT2D eigenvalue weighted by atomic mass is 10.2. The molecule has 1 aliphatic heterocycles. The molecule has 0 saturated heterocycles. The number of ether oxygens (including phenoxy) is 1. The van der Waals surface area contributed by atoms with E-state index in [9.17, 15) is 14.4 Å². The number of aromatic nitrogens is 2. The van der Waals surface area contributed by atoms with Crippen LogP contribution in [0.1, 0.15) is 48.8 Å². The number of amides is 1. The van der Waals surface area contributed by atoms with E-state index < -0.39 is 5.97 Å². The van der Waals surface area contributed by atoms with E-state index in [2.05, 4.69) is 10.3 Å². The van der Waals surface area contributed by atoms with Crippen LogP contribution in [0.4, 0.5) is 5.69 Å². The van der Waals surface area contributed by atoms with Crippen molar-refractivity contribution in [2.45, 2.75) is 44.3 Å². The van der Waals surface area contributed by atoms with Gasteiger partial charge in [-0.05, 0) is 37.6 Å². The van der Waals surface area contributed by atoms with E-state index in [0.717, 1.165) is 18.5 Å². The first-order valence-corrected chi connectivity index (χ1v) is 10.3. The van der Waals surface area contributed by atoms with Crippen molar-refractivity contribution < 1.29 is 14.3 Å². The van der Waals surface area contributed by atoms with Crippen LogP contribution in [0.2, 0.25) is 0 Å². The fourth-order valence-electron chi connectivity index (χ4n) is 3.06. The molecule has 1 unspecified atom stereocenters. The van der Waals surface area contributed by atoms with Gasteiger partial charge >= 0.3 is 5.97 Å². The molecule has 3 rings (SSSR count). The average Bonchev–Trinajstić information content (AvgIpc) is 3.06. The summed E-state index contributed by atoms with van der Waals surface area (Å²) in [7, 11) is 0. The van der Waals surface area contributed by atoms with Crippen LogP contribution in [0.3, 0.4) is 0 Å². The molecule has 0 bridgehead atoms. The van der Waals surface area contributed by atoms with Gasteiger partial charge in [0, 0.05) is 29.6 Å². The molecule has 2 aromatic rings. The van der Waals surface area contributed by atoms with E-state index in [1.165, 1.54) is 11.8 Å². The molecular formula is C20H23N3O4S. The maximum absolute atomic E-state index is 12.4. The number of thioether (sulfide) groups is 1. The highest BCUT2D eigenvalue weighted by Gasteiger charge is 2.27. The number of nitrogens with zero attached hydrogens (tertiary/aromatic N) is 2. The summed E-state index contributed by atoms with van der Waals surface area (Å²) in [5.41, 5.74) is 1.72. The predicted octanol–water partition coefficient (Wildman–Crippen LogP) is 3.05. The van der Waals surface area contributed by atoms with Crippen LogP contribution < -0.4 is 10.9 Å². The molecule has 1 aromatic heterocycles. The van der Waals surface area contributed by atoms with Gasteiger partial charge in [-0.25, -0.2) is 9.78 Å². The Hall–Kier alpha value is -2.61. The van der Waals surface area contributed by atoms with E-state index in [1.54, 1.807) is 41.8 Å². The van der Waals surface area contributed by atoms with Crippen molar-refractivity contribution in [2.75, 3.05) is 17.7 Å².